The van der Waals surface area contributed by atoms with E-state index in [0.717, 1.165) is 0 Å². The third kappa shape index (κ3) is 1.27. The normalized spacial score (nSPS) is 33.4. The lowest BCUT2D eigenvalue weighted by Crippen LogP contribution is -2.62. The predicted molar refractivity (Wildman–Crippen MR) is 87.8 cm³/mol. The first-order valence-electron chi connectivity index (χ1n) is 7.86. The minimum absolute atomic E-state index is 0.195. The third-order valence-corrected chi connectivity index (χ3v) is 7.05. The number of benzene rings is 1. The summed E-state index contributed by atoms with van der Waals surface area (Å²) in [4.78, 5) is 13.3. The molecule has 0 N–H and O–H groups in total. The largest absolute Gasteiger partial charge is 0.298 e. The number of fused-ring (bicyclic) bond motifs is 1. The van der Waals surface area contributed by atoms with Gasteiger partial charge >= 0.3 is 0 Å². The maximum Gasteiger partial charge on any atom is 0.153 e. The second-order valence-electron chi connectivity index (χ2n) is 7.94. The molecule has 0 aromatic heterocycles. The van der Waals surface area contributed by atoms with Gasteiger partial charge in [-0.05, 0) is 56.9 Å². The molecule has 2 atom stereocenters. The fraction of sp³-hybridized carbons (Fsp3) is 0.550. The molecule has 0 saturated carbocycles. The lowest BCUT2D eigenvalue weighted by atomic mass is 9.41. The molecule has 0 spiro atoms. The minimum Gasteiger partial charge on any atom is -0.298 e. The first-order valence-corrected chi connectivity index (χ1v) is 7.86. The highest BCUT2D eigenvalue weighted by Crippen LogP contribution is 2.64. The quantitative estimate of drug-likeness (QED) is 0.626. The van der Waals surface area contributed by atoms with Crippen molar-refractivity contribution < 1.29 is 4.79 Å². The van der Waals surface area contributed by atoms with Gasteiger partial charge in [0.2, 0.25) is 0 Å². The van der Waals surface area contributed by atoms with Crippen molar-refractivity contribution in [3.63, 3.8) is 0 Å². The van der Waals surface area contributed by atoms with Gasteiger partial charge in [-0.15, -0.1) is 0 Å². The summed E-state index contributed by atoms with van der Waals surface area (Å²) in [5.74, 6) is 0.372. The Balaban J connectivity index is 2.54. The highest BCUT2D eigenvalue weighted by atomic mass is 16.1. The number of hydrogen-bond acceptors (Lipinski definition) is 1. The molecule has 0 amide bonds. The average molecular weight is 282 g/mol. The first kappa shape index (κ1) is 14.6. The number of aryl methyl sites for hydroxylation is 2. The Hall–Kier alpha value is -1.37. The Bertz CT molecular complexity index is 720. The summed E-state index contributed by atoms with van der Waals surface area (Å²) < 4.78 is 0. The van der Waals surface area contributed by atoms with E-state index in [0.29, 0.717) is 5.78 Å². The monoisotopic (exact) mass is 282 g/mol. The van der Waals surface area contributed by atoms with Gasteiger partial charge in [-0.2, -0.15) is 0 Å². The molecule has 1 heteroatoms. The van der Waals surface area contributed by atoms with Crippen LogP contribution in [0, 0.1) is 19.3 Å². The summed E-state index contributed by atoms with van der Waals surface area (Å²) in [5.41, 5.74) is 6.82. The number of carbonyl (C=O) groups excluding carboxylic acids is 1. The van der Waals surface area contributed by atoms with Gasteiger partial charge in [0.15, 0.2) is 5.78 Å². The second-order valence-corrected chi connectivity index (χ2v) is 7.94. The van der Waals surface area contributed by atoms with Crippen LogP contribution in [0.25, 0.3) is 0 Å². The van der Waals surface area contributed by atoms with Crippen LogP contribution in [0.4, 0.5) is 0 Å². The number of ketones is 1. The van der Waals surface area contributed by atoms with E-state index < -0.39 is 5.41 Å². The lowest BCUT2D eigenvalue weighted by molar-refractivity contribution is -0.137. The Morgan fingerprint density at radius 3 is 1.76 bits per heavy atom. The van der Waals surface area contributed by atoms with Crippen molar-refractivity contribution >= 4 is 5.78 Å². The second kappa shape index (κ2) is 3.69. The van der Waals surface area contributed by atoms with Crippen molar-refractivity contribution in [2.75, 3.05) is 0 Å². The van der Waals surface area contributed by atoms with Crippen LogP contribution in [0.3, 0.4) is 0 Å². The fourth-order valence-corrected chi connectivity index (χ4v) is 4.75. The molecule has 1 aromatic carbocycles. The van der Waals surface area contributed by atoms with Gasteiger partial charge in [0.25, 0.3) is 0 Å². The summed E-state index contributed by atoms with van der Waals surface area (Å²) in [7, 11) is 0. The molecule has 0 unspecified atom stereocenters. The number of allylic oxidation sites excluding steroid dienone is 2. The van der Waals surface area contributed by atoms with Crippen molar-refractivity contribution in [3.05, 3.63) is 45.5 Å². The van der Waals surface area contributed by atoms with E-state index in [9.17, 15) is 4.79 Å². The van der Waals surface area contributed by atoms with Crippen LogP contribution in [-0.2, 0) is 15.6 Å². The summed E-state index contributed by atoms with van der Waals surface area (Å²) in [5, 5.41) is 0. The van der Waals surface area contributed by atoms with Crippen molar-refractivity contribution in [2.45, 2.75) is 66.2 Å². The van der Waals surface area contributed by atoms with Crippen molar-refractivity contribution in [1.29, 1.82) is 0 Å². The van der Waals surface area contributed by atoms with Gasteiger partial charge in [0, 0.05) is 10.8 Å². The molecule has 4 rings (SSSR count). The number of carbonyl (C=O) groups is 1. The molecule has 0 fully saturated rings. The van der Waals surface area contributed by atoms with Gasteiger partial charge in [-0.25, -0.2) is 0 Å². The Morgan fingerprint density at radius 1 is 0.762 bits per heavy atom. The summed E-state index contributed by atoms with van der Waals surface area (Å²) in [6, 6.07) is 4.58. The summed E-state index contributed by atoms with van der Waals surface area (Å²) in [6.07, 6.45) is 0. The minimum atomic E-state index is -0.459. The zero-order chi connectivity index (χ0) is 16.0. The molecule has 0 heterocycles. The molecule has 112 valence electrons. The van der Waals surface area contributed by atoms with E-state index in [4.69, 9.17) is 0 Å². The number of Topliss-reactive ketones (excluding diaryl/α,β-unsaturated/α-hetero) is 1. The molecular formula is C20H26O. The zero-order valence-electron chi connectivity index (χ0n) is 14.6. The van der Waals surface area contributed by atoms with E-state index in [1.807, 2.05) is 0 Å². The van der Waals surface area contributed by atoms with Crippen molar-refractivity contribution in [2.24, 2.45) is 5.41 Å². The first-order chi connectivity index (χ1) is 9.50. The number of hydrogen-bond donors (Lipinski definition) is 0. The molecule has 3 aliphatic carbocycles. The Labute approximate surface area is 128 Å². The van der Waals surface area contributed by atoms with Gasteiger partial charge in [0.05, 0.1) is 5.41 Å². The molecule has 1 nitrogen and oxygen atoms in total. The van der Waals surface area contributed by atoms with Crippen LogP contribution < -0.4 is 0 Å². The number of rotatable bonds is 0. The van der Waals surface area contributed by atoms with Gasteiger partial charge in [-0.3, -0.25) is 4.79 Å². The molecular weight excluding hydrogens is 256 g/mol. The van der Waals surface area contributed by atoms with Crippen LogP contribution in [0.2, 0.25) is 0 Å². The maximum atomic E-state index is 13.3. The molecule has 3 aliphatic rings. The topological polar surface area (TPSA) is 17.1 Å². The predicted octanol–water partition coefficient (Wildman–Crippen LogP) is 4.78. The summed E-state index contributed by atoms with van der Waals surface area (Å²) >= 11 is 0. The van der Waals surface area contributed by atoms with E-state index in [1.165, 1.54) is 33.4 Å². The highest BCUT2D eigenvalue weighted by molar-refractivity contribution is 6.03. The molecule has 0 saturated heterocycles. The van der Waals surface area contributed by atoms with Crippen LogP contribution in [0.1, 0.15) is 63.8 Å². The molecule has 1 aromatic rings. The van der Waals surface area contributed by atoms with Crippen LogP contribution in [0.5, 0.6) is 0 Å². The fourth-order valence-electron chi connectivity index (χ4n) is 4.75. The lowest BCUT2D eigenvalue weighted by Gasteiger charge is -2.60. The zero-order valence-corrected chi connectivity index (χ0v) is 14.6. The summed E-state index contributed by atoms with van der Waals surface area (Å²) in [6.45, 7) is 17.3. The maximum absolute atomic E-state index is 13.3. The van der Waals surface area contributed by atoms with E-state index in [1.54, 1.807) is 0 Å². The van der Waals surface area contributed by atoms with Crippen LogP contribution >= 0.6 is 0 Å². The molecule has 0 aliphatic heterocycles. The third-order valence-electron chi connectivity index (χ3n) is 7.05. The van der Waals surface area contributed by atoms with Gasteiger partial charge < -0.3 is 0 Å². The van der Waals surface area contributed by atoms with Gasteiger partial charge in [0.1, 0.15) is 0 Å². The molecule has 2 bridgehead atoms. The Morgan fingerprint density at radius 2 is 1.24 bits per heavy atom. The van der Waals surface area contributed by atoms with Crippen molar-refractivity contribution in [1.82, 2.24) is 0 Å². The SMILES string of the molecule is CC1=C(C)[C@]2(C)c3cc(C)c(C)cc3[C@]1(C)C(=O)C2(C)C. The van der Waals surface area contributed by atoms with Gasteiger partial charge in [-0.1, -0.05) is 44.1 Å². The highest BCUT2D eigenvalue weighted by Gasteiger charge is 2.64. The average Bonchev–Trinajstić information content (AvgIpc) is 2.42. The Kier molecular flexibility index (Phi) is 2.56. The van der Waals surface area contributed by atoms with E-state index >= 15 is 0 Å². The molecule has 0 radical (unpaired) electrons. The van der Waals surface area contributed by atoms with Crippen LogP contribution in [0.15, 0.2) is 23.3 Å². The van der Waals surface area contributed by atoms with Crippen molar-refractivity contribution in [3.8, 4) is 0 Å². The molecule has 21 heavy (non-hydrogen) atoms. The van der Waals surface area contributed by atoms with E-state index in [2.05, 4.69) is 67.5 Å². The van der Waals surface area contributed by atoms with E-state index in [-0.39, 0.29) is 10.8 Å². The standard InChI is InChI=1S/C20H26O/c1-11-9-15-16(10-12(11)2)20(8)14(4)13(3)19(15,7)17(21)18(20,5)6/h9-10H,1-8H3/t19-,20-/m1/s1. The van der Waals surface area contributed by atoms with Crippen LogP contribution in [-0.4, -0.2) is 5.78 Å². The smallest absolute Gasteiger partial charge is 0.153 e.